The fraction of sp³-hybridized carbons (Fsp3) is 0.111. The molecule has 2 heterocycles. The summed E-state index contributed by atoms with van der Waals surface area (Å²) in [5.41, 5.74) is 3.51. The van der Waals surface area contributed by atoms with Gasteiger partial charge in [0.15, 0.2) is 0 Å². The minimum atomic E-state index is -0.956. The lowest BCUT2D eigenvalue weighted by molar-refractivity contribution is 0.0691. The van der Waals surface area contributed by atoms with E-state index in [2.05, 4.69) is 9.97 Å². The lowest BCUT2D eigenvalue weighted by Crippen LogP contribution is -1.98. The molecule has 1 aromatic carbocycles. The minimum absolute atomic E-state index is 0.215. The number of aromatic nitrogens is 2. The predicted octanol–water partition coefficient (Wildman–Crippen LogP) is 4.05. The molecule has 0 saturated carbocycles. The van der Waals surface area contributed by atoms with Crippen molar-refractivity contribution < 1.29 is 9.90 Å². The smallest absolute Gasteiger partial charge is 0.352 e. The number of carbonyl (C=O) groups is 1. The summed E-state index contributed by atoms with van der Waals surface area (Å²) < 4.78 is 0. The van der Waals surface area contributed by atoms with Gasteiger partial charge < -0.3 is 10.1 Å². The van der Waals surface area contributed by atoms with Crippen molar-refractivity contribution in [3.05, 3.63) is 64.7 Å². The average molecular weight is 292 g/mol. The van der Waals surface area contributed by atoms with Gasteiger partial charge in [0.05, 0.1) is 5.69 Å². The highest BCUT2D eigenvalue weighted by atomic mass is 16.4. The Balaban J connectivity index is 2.01. The Hall–Kier alpha value is -2.88. The highest BCUT2D eigenvalue weighted by Gasteiger charge is 2.14. The topological polar surface area (TPSA) is 66.0 Å². The minimum Gasteiger partial charge on any atom is -0.477 e. The number of aromatic amines is 1. The van der Waals surface area contributed by atoms with Crippen molar-refractivity contribution in [1.82, 2.24) is 9.97 Å². The number of aromatic carboxylic acids is 1. The maximum absolute atomic E-state index is 11.3. The summed E-state index contributed by atoms with van der Waals surface area (Å²) in [6.45, 7) is 3.78. The van der Waals surface area contributed by atoms with Crippen LogP contribution in [0.25, 0.3) is 22.9 Å². The number of hydrogen-bond donors (Lipinski definition) is 2. The maximum Gasteiger partial charge on any atom is 0.352 e. The number of rotatable bonds is 3. The first-order valence-corrected chi connectivity index (χ1v) is 7.01. The Morgan fingerprint density at radius 2 is 1.91 bits per heavy atom. The number of carboxylic acids is 1. The van der Waals surface area contributed by atoms with Gasteiger partial charge in [-0.15, -0.1) is 0 Å². The third-order valence-electron chi connectivity index (χ3n) is 3.84. The summed E-state index contributed by atoms with van der Waals surface area (Å²) in [4.78, 5) is 18.6. The van der Waals surface area contributed by atoms with E-state index >= 15 is 0 Å². The SMILES string of the molecule is Cc1[nH]c(C(=O)O)c(/C=C/c2cc3ccccc3cn2)c1C. The van der Waals surface area contributed by atoms with Gasteiger partial charge in [-0.25, -0.2) is 4.79 Å². The van der Waals surface area contributed by atoms with E-state index in [4.69, 9.17) is 0 Å². The normalized spacial score (nSPS) is 11.4. The fourth-order valence-corrected chi connectivity index (χ4v) is 2.48. The van der Waals surface area contributed by atoms with Crippen LogP contribution < -0.4 is 0 Å². The van der Waals surface area contributed by atoms with Crippen molar-refractivity contribution >= 4 is 28.9 Å². The number of benzene rings is 1. The molecule has 2 aromatic heterocycles. The molecule has 3 rings (SSSR count). The zero-order valence-electron chi connectivity index (χ0n) is 12.4. The Morgan fingerprint density at radius 1 is 1.18 bits per heavy atom. The van der Waals surface area contributed by atoms with Crippen molar-refractivity contribution in [2.45, 2.75) is 13.8 Å². The average Bonchev–Trinajstić information content (AvgIpc) is 2.81. The second-order valence-corrected chi connectivity index (χ2v) is 5.26. The van der Waals surface area contributed by atoms with Crippen LogP contribution in [0.15, 0.2) is 36.5 Å². The van der Waals surface area contributed by atoms with Crippen molar-refractivity contribution in [2.75, 3.05) is 0 Å². The molecule has 0 radical (unpaired) electrons. The molecule has 0 aliphatic carbocycles. The molecule has 0 saturated heterocycles. The first-order valence-electron chi connectivity index (χ1n) is 7.01. The van der Waals surface area contributed by atoms with Crippen LogP contribution in [0, 0.1) is 13.8 Å². The lowest BCUT2D eigenvalue weighted by atomic mass is 10.1. The second kappa shape index (κ2) is 5.48. The van der Waals surface area contributed by atoms with Crippen LogP contribution in [0.5, 0.6) is 0 Å². The third kappa shape index (κ3) is 2.51. The highest BCUT2D eigenvalue weighted by molar-refractivity contribution is 5.93. The molecule has 0 fully saturated rings. The van der Waals surface area contributed by atoms with Crippen LogP contribution in [0.2, 0.25) is 0 Å². The summed E-state index contributed by atoms with van der Waals surface area (Å²) in [7, 11) is 0. The second-order valence-electron chi connectivity index (χ2n) is 5.26. The number of pyridine rings is 1. The molecule has 4 heteroatoms. The molecule has 0 aliphatic rings. The van der Waals surface area contributed by atoms with Crippen molar-refractivity contribution in [3.63, 3.8) is 0 Å². The zero-order chi connectivity index (χ0) is 15.7. The van der Waals surface area contributed by atoms with E-state index < -0.39 is 5.97 Å². The molecule has 0 bridgehead atoms. The fourth-order valence-electron chi connectivity index (χ4n) is 2.48. The summed E-state index contributed by atoms with van der Waals surface area (Å²) in [6, 6.07) is 9.99. The molecular formula is C18H16N2O2. The number of nitrogens with one attached hydrogen (secondary N) is 1. The summed E-state index contributed by atoms with van der Waals surface area (Å²) in [6.07, 6.45) is 5.47. The van der Waals surface area contributed by atoms with Crippen molar-refractivity contribution in [2.24, 2.45) is 0 Å². The molecule has 22 heavy (non-hydrogen) atoms. The molecule has 3 aromatic rings. The molecular weight excluding hydrogens is 276 g/mol. The van der Waals surface area contributed by atoms with Gasteiger partial charge in [-0.2, -0.15) is 0 Å². The monoisotopic (exact) mass is 292 g/mol. The standard InChI is InChI=1S/C18H16N2O2/c1-11-12(2)20-17(18(21)22)16(11)8-7-15-9-13-5-3-4-6-14(13)10-19-15/h3-10,20H,1-2H3,(H,21,22)/b8-7+. The highest BCUT2D eigenvalue weighted by Crippen LogP contribution is 2.21. The number of carboxylic acid groups (broad SMARTS) is 1. The number of H-pyrrole nitrogens is 1. The molecule has 0 aliphatic heterocycles. The molecule has 110 valence electrons. The Kier molecular flexibility index (Phi) is 3.51. The van der Waals surface area contributed by atoms with Crippen LogP contribution in [0.1, 0.15) is 33.0 Å². The van der Waals surface area contributed by atoms with E-state index in [9.17, 15) is 9.90 Å². The van der Waals surface area contributed by atoms with Gasteiger partial charge in [-0.3, -0.25) is 4.98 Å². The van der Waals surface area contributed by atoms with Gasteiger partial charge >= 0.3 is 5.97 Å². The van der Waals surface area contributed by atoms with E-state index in [-0.39, 0.29) is 5.69 Å². The summed E-state index contributed by atoms with van der Waals surface area (Å²) in [5.74, 6) is -0.956. The van der Waals surface area contributed by atoms with Gasteiger partial charge in [0.25, 0.3) is 0 Å². The van der Waals surface area contributed by atoms with Crippen LogP contribution in [0.4, 0.5) is 0 Å². The van der Waals surface area contributed by atoms with Crippen molar-refractivity contribution in [3.8, 4) is 0 Å². The lowest BCUT2D eigenvalue weighted by Gasteiger charge is -1.99. The quantitative estimate of drug-likeness (QED) is 0.765. The molecule has 2 N–H and O–H groups in total. The molecule has 4 nitrogen and oxygen atoms in total. The van der Waals surface area contributed by atoms with Crippen LogP contribution in [-0.4, -0.2) is 21.0 Å². The van der Waals surface area contributed by atoms with E-state index in [1.165, 1.54) is 0 Å². The number of fused-ring (bicyclic) bond motifs is 1. The van der Waals surface area contributed by atoms with Crippen LogP contribution >= 0.6 is 0 Å². The molecule has 0 spiro atoms. The number of aryl methyl sites for hydroxylation is 1. The Bertz CT molecular complexity index is 891. The van der Waals surface area contributed by atoms with Gasteiger partial charge in [0.1, 0.15) is 5.69 Å². The Morgan fingerprint density at radius 3 is 2.64 bits per heavy atom. The van der Waals surface area contributed by atoms with Crippen molar-refractivity contribution in [1.29, 1.82) is 0 Å². The van der Waals surface area contributed by atoms with Crippen LogP contribution in [0.3, 0.4) is 0 Å². The number of nitrogens with zero attached hydrogens (tertiary/aromatic N) is 1. The molecule has 0 atom stereocenters. The largest absolute Gasteiger partial charge is 0.477 e. The maximum atomic E-state index is 11.3. The summed E-state index contributed by atoms with van der Waals surface area (Å²) in [5, 5.41) is 11.5. The van der Waals surface area contributed by atoms with Gasteiger partial charge in [-0.05, 0) is 36.9 Å². The Labute approximate surface area is 128 Å². The third-order valence-corrected chi connectivity index (χ3v) is 3.84. The predicted molar refractivity (Wildman–Crippen MR) is 87.9 cm³/mol. The van der Waals surface area contributed by atoms with Gasteiger partial charge in [-0.1, -0.05) is 30.3 Å². The number of hydrogen-bond acceptors (Lipinski definition) is 2. The zero-order valence-corrected chi connectivity index (χ0v) is 12.4. The summed E-state index contributed by atoms with van der Waals surface area (Å²) >= 11 is 0. The molecule has 0 unspecified atom stereocenters. The van der Waals surface area contributed by atoms with E-state index in [0.717, 1.165) is 27.7 Å². The van der Waals surface area contributed by atoms with E-state index in [0.29, 0.717) is 5.56 Å². The van der Waals surface area contributed by atoms with Crippen LogP contribution in [-0.2, 0) is 0 Å². The molecule has 0 amide bonds. The first kappa shape index (κ1) is 14.1. The van der Waals surface area contributed by atoms with Gasteiger partial charge in [0.2, 0.25) is 0 Å². The first-order chi connectivity index (χ1) is 10.6. The van der Waals surface area contributed by atoms with E-state index in [1.807, 2.05) is 56.5 Å². The van der Waals surface area contributed by atoms with Gasteiger partial charge in [0, 0.05) is 22.8 Å². The van der Waals surface area contributed by atoms with E-state index in [1.54, 1.807) is 6.08 Å².